The topological polar surface area (TPSA) is 32.7 Å². The molecule has 1 aromatic carbocycles. The first-order chi connectivity index (χ1) is 8.74. The van der Waals surface area contributed by atoms with Crippen molar-refractivity contribution in [1.29, 1.82) is 0 Å². The minimum Gasteiger partial charge on any atom is -0.496 e. The van der Waals surface area contributed by atoms with Crippen molar-refractivity contribution in [2.45, 2.75) is 38.3 Å². The van der Waals surface area contributed by atoms with Crippen molar-refractivity contribution in [3.8, 4) is 5.75 Å². The zero-order chi connectivity index (χ0) is 13.0. The smallest absolute Gasteiger partial charge is 0.123 e. The van der Waals surface area contributed by atoms with Crippen LogP contribution in [-0.2, 0) is 0 Å². The van der Waals surface area contributed by atoms with Gasteiger partial charge in [0.05, 0.1) is 19.3 Å². The van der Waals surface area contributed by atoms with Crippen LogP contribution in [0.5, 0.6) is 5.75 Å². The van der Waals surface area contributed by atoms with E-state index in [-0.39, 0.29) is 12.1 Å². The Kier molecular flexibility index (Phi) is 4.61. The Hall–Kier alpha value is -1.06. The summed E-state index contributed by atoms with van der Waals surface area (Å²) in [4.78, 5) is 2.38. The Bertz CT molecular complexity index is 373. The SMILES string of the molecule is COc1ccccc1C(C(C)O)N1CCCCC1. The Morgan fingerprint density at radius 2 is 1.83 bits per heavy atom. The maximum atomic E-state index is 10.1. The lowest BCUT2D eigenvalue weighted by atomic mass is 9.97. The van der Waals surface area contributed by atoms with E-state index in [9.17, 15) is 5.11 Å². The first-order valence-corrected chi connectivity index (χ1v) is 6.79. The van der Waals surface area contributed by atoms with E-state index in [1.165, 1.54) is 19.3 Å². The van der Waals surface area contributed by atoms with E-state index in [0.29, 0.717) is 0 Å². The van der Waals surface area contributed by atoms with Gasteiger partial charge in [-0.2, -0.15) is 0 Å². The van der Waals surface area contributed by atoms with Crippen LogP contribution in [0.1, 0.15) is 37.8 Å². The summed E-state index contributed by atoms with van der Waals surface area (Å²) < 4.78 is 5.43. The van der Waals surface area contributed by atoms with Crippen LogP contribution in [0.25, 0.3) is 0 Å². The number of likely N-dealkylation sites (tertiary alicyclic amines) is 1. The highest BCUT2D eigenvalue weighted by molar-refractivity contribution is 5.36. The lowest BCUT2D eigenvalue weighted by molar-refractivity contribution is 0.0469. The largest absolute Gasteiger partial charge is 0.496 e. The van der Waals surface area contributed by atoms with Crippen LogP contribution in [0.4, 0.5) is 0 Å². The molecular formula is C15H23NO2. The average molecular weight is 249 g/mol. The van der Waals surface area contributed by atoms with Gasteiger partial charge in [-0.3, -0.25) is 4.90 Å². The quantitative estimate of drug-likeness (QED) is 0.890. The number of hydrogen-bond donors (Lipinski definition) is 1. The van der Waals surface area contributed by atoms with Gasteiger partial charge in [-0.15, -0.1) is 0 Å². The molecule has 3 nitrogen and oxygen atoms in total. The summed E-state index contributed by atoms with van der Waals surface area (Å²) in [6.07, 6.45) is 3.35. The third-order valence-electron chi connectivity index (χ3n) is 3.70. The zero-order valence-electron chi connectivity index (χ0n) is 11.3. The summed E-state index contributed by atoms with van der Waals surface area (Å²) in [6.45, 7) is 3.99. The monoisotopic (exact) mass is 249 g/mol. The van der Waals surface area contributed by atoms with Crippen molar-refractivity contribution in [3.63, 3.8) is 0 Å². The number of hydrogen-bond acceptors (Lipinski definition) is 3. The molecule has 18 heavy (non-hydrogen) atoms. The van der Waals surface area contributed by atoms with Crippen molar-refractivity contribution < 1.29 is 9.84 Å². The highest BCUT2D eigenvalue weighted by Gasteiger charge is 2.28. The second kappa shape index (κ2) is 6.21. The normalized spacial score (nSPS) is 20.4. The predicted octanol–water partition coefficient (Wildman–Crippen LogP) is 2.60. The number of benzene rings is 1. The Balaban J connectivity index is 2.28. The van der Waals surface area contributed by atoms with E-state index in [1.807, 2.05) is 25.1 Å². The van der Waals surface area contributed by atoms with Gasteiger partial charge in [0.25, 0.3) is 0 Å². The molecule has 1 aliphatic rings. The van der Waals surface area contributed by atoms with E-state index in [2.05, 4.69) is 11.0 Å². The summed E-state index contributed by atoms with van der Waals surface area (Å²) in [5, 5.41) is 10.1. The Morgan fingerprint density at radius 1 is 1.17 bits per heavy atom. The number of rotatable bonds is 4. The molecule has 0 radical (unpaired) electrons. The number of para-hydroxylation sites is 1. The Morgan fingerprint density at radius 3 is 2.44 bits per heavy atom. The van der Waals surface area contributed by atoms with Crippen LogP contribution in [0, 0.1) is 0 Å². The van der Waals surface area contributed by atoms with Crippen LogP contribution >= 0.6 is 0 Å². The molecule has 0 spiro atoms. The number of piperidine rings is 1. The van der Waals surface area contributed by atoms with Crippen molar-refractivity contribution in [2.24, 2.45) is 0 Å². The molecule has 0 saturated carbocycles. The maximum Gasteiger partial charge on any atom is 0.123 e. The molecule has 1 heterocycles. The minimum atomic E-state index is -0.389. The standard InChI is InChI=1S/C15H23NO2/c1-12(17)15(16-10-6-3-7-11-16)13-8-4-5-9-14(13)18-2/h4-5,8-9,12,15,17H,3,6-7,10-11H2,1-2H3. The van der Waals surface area contributed by atoms with Crippen molar-refractivity contribution in [2.75, 3.05) is 20.2 Å². The van der Waals surface area contributed by atoms with Gasteiger partial charge >= 0.3 is 0 Å². The highest BCUT2D eigenvalue weighted by atomic mass is 16.5. The molecule has 0 aromatic heterocycles. The van der Waals surface area contributed by atoms with Crippen molar-refractivity contribution in [3.05, 3.63) is 29.8 Å². The molecule has 1 aliphatic heterocycles. The summed E-state index contributed by atoms with van der Waals surface area (Å²) in [5.74, 6) is 0.869. The predicted molar refractivity (Wildman–Crippen MR) is 72.8 cm³/mol. The highest BCUT2D eigenvalue weighted by Crippen LogP contribution is 2.33. The van der Waals surface area contributed by atoms with Crippen LogP contribution < -0.4 is 4.74 Å². The van der Waals surface area contributed by atoms with Gasteiger partial charge < -0.3 is 9.84 Å². The summed E-state index contributed by atoms with van der Waals surface area (Å²) >= 11 is 0. The van der Waals surface area contributed by atoms with E-state index in [4.69, 9.17) is 4.74 Å². The molecular weight excluding hydrogens is 226 g/mol. The molecule has 1 N–H and O–H groups in total. The minimum absolute atomic E-state index is 0.0430. The molecule has 0 aliphatic carbocycles. The van der Waals surface area contributed by atoms with Gasteiger partial charge in [-0.1, -0.05) is 24.6 Å². The van der Waals surface area contributed by atoms with Crippen molar-refractivity contribution >= 4 is 0 Å². The third kappa shape index (κ3) is 2.85. The molecule has 0 amide bonds. The van der Waals surface area contributed by atoms with Gasteiger partial charge in [0.15, 0.2) is 0 Å². The van der Waals surface area contributed by atoms with Crippen LogP contribution in [0.3, 0.4) is 0 Å². The summed E-state index contributed by atoms with van der Waals surface area (Å²) in [6, 6.07) is 8.05. The number of aliphatic hydroxyl groups is 1. The van der Waals surface area contributed by atoms with Gasteiger partial charge in [-0.25, -0.2) is 0 Å². The first-order valence-electron chi connectivity index (χ1n) is 6.79. The zero-order valence-corrected chi connectivity index (χ0v) is 11.3. The van der Waals surface area contributed by atoms with E-state index in [1.54, 1.807) is 7.11 Å². The molecule has 2 rings (SSSR count). The lowest BCUT2D eigenvalue weighted by Gasteiger charge is -2.37. The molecule has 100 valence electrons. The number of aliphatic hydroxyl groups excluding tert-OH is 1. The first kappa shape index (κ1) is 13.4. The fraction of sp³-hybridized carbons (Fsp3) is 0.600. The fourth-order valence-electron chi connectivity index (χ4n) is 2.87. The maximum absolute atomic E-state index is 10.1. The van der Waals surface area contributed by atoms with Crippen LogP contribution in [0.2, 0.25) is 0 Å². The van der Waals surface area contributed by atoms with E-state index in [0.717, 1.165) is 24.4 Å². The van der Waals surface area contributed by atoms with Gasteiger partial charge in [0.2, 0.25) is 0 Å². The number of nitrogens with zero attached hydrogens (tertiary/aromatic N) is 1. The third-order valence-corrected chi connectivity index (χ3v) is 3.70. The summed E-state index contributed by atoms with van der Waals surface area (Å²) in [7, 11) is 1.69. The number of methoxy groups -OCH3 is 1. The molecule has 0 bridgehead atoms. The molecule has 1 saturated heterocycles. The second-order valence-electron chi connectivity index (χ2n) is 5.02. The lowest BCUT2D eigenvalue weighted by Crippen LogP contribution is -2.39. The van der Waals surface area contributed by atoms with Crippen molar-refractivity contribution in [1.82, 2.24) is 4.90 Å². The van der Waals surface area contributed by atoms with E-state index >= 15 is 0 Å². The van der Waals surface area contributed by atoms with Gasteiger partial charge in [-0.05, 0) is 38.9 Å². The molecule has 1 fully saturated rings. The molecule has 2 atom stereocenters. The van der Waals surface area contributed by atoms with E-state index < -0.39 is 0 Å². The van der Waals surface area contributed by atoms with Crippen LogP contribution in [-0.4, -0.2) is 36.3 Å². The average Bonchev–Trinajstić information content (AvgIpc) is 2.40. The molecule has 3 heteroatoms. The summed E-state index contributed by atoms with van der Waals surface area (Å²) in [5.41, 5.74) is 1.09. The van der Waals surface area contributed by atoms with Gasteiger partial charge in [0.1, 0.15) is 5.75 Å². The number of ether oxygens (including phenoxy) is 1. The Labute approximate surface area is 109 Å². The fourth-order valence-corrected chi connectivity index (χ4v) is 2.87. The second-order valence-corrected chi connectivity index (χ2v) is 5.02. The van der Waals surface area contributed by atoms with Crippen LogP contribution in [0.15, 0.2) is 24.3 Å². The van der Waals surface area contributed by atoms with Gasteiger partial charge in [0, 0.05) is 5.56 Å². The molecule has 2 unspecified atom stereocenters. The molecule has 1 aromatic rings.